The van der Waals surface area contributed by atoms with Crippen molar-refractivity contribution in [1.29, 1.82) is 0 Å². The fraction of sp³-hybridized carbons (Fsp3) is 0.706. The van der Waals surface area contributed by atoms with Gasteiger partial charge in [0.15, 0.2) is 4.96 Å². The van der Waals surface area contributed by atoms with Gasteiger partial charge in [0.2, 0.25) is 0 Å². The van der Waals surface area contributed by atoms with Crippen molar-refractivity contribution in [1.82, 2.24) is 14.7 Å². The lowest BCUT2D eigenvalue weighted by Gasteiger charge is -2.39. The fourth-order valence-corrected chi connectivity index (χ4v) is 5.01. The first kappa shape index (κ1) is 15.0. The van der Waals surface area contributed by atoms with Gasteiger partial charge in [-0.05, 0) is 37.6 Å². The summed E-state index contributed by atoms with van der Waals surface area (Å²) in [6.07, 6.45) is 12.2. The van der Waals surface area contributed by atoms with Crippen molar-refractivity contribution in [2.45, 2.75) is 58.4 Å². The average molecular weight is 305 g/mol. The highest BCUT2D eigenvalue weighted by Gasteiger charge is 2.41. The van der Waals surface area contributed by atoms with E-state index in [1.165, 1.54) is 37.8 Å². The molecule has 0 spiro atoms. The lowest BCUT2D eigenvalue weighted by molar-refractivity contribution is 0.159. The Morgan fingerprint density at radius 2 is 2.14 bits per heavy atom. The topological polar surface area (TPSA) is 29.3 Å². The Hall–Kier alpha value is -0.870. The summed E-state index contributed by atoms with van der Waals surface area (Å²) in [6.45, 7) is 4.72. The number of fused-ring (bicyclic) bond motifs is 1. The molecular weight excluding hydrogens is 278 g/mol. The van der Waals surface area contributed by atoms with Crippen molar-refractivity contribution in [2.24, 2.45) is 11.3 Å². The van der Waals surface area contributed by atoms with Crippen LogP contribution >= 0.6 is 11.3 Å². The quantitative estimate of drug-likeness (QED) is 0.869. The minimum Gasteiger partial charge on any atom is -0.316 e. The number of aromatic nitrogens is 2. The molecule has 0 aromatic carbocycles. The van der Waals surface area contributed by atoms with E-state index in [-0.39, 0.29) is 0 Å². The van der Waals surface area contributed by atoms with Gasteiger partial charge in [0, 0.05) is 30.2 Å². The van der Waals surface area contributed by atoms with Crippen LogP contribution in [0.5, 0.6) is 0 Å². The number of rotatable bonds is 6. The molecular formula is C17H27N3S. The summed E-state index contributed by atoms with van der Waals surface area (Å²) < 4.78 is 2.15. The Morgan fingerprint density at radius 1 is 1.38 bits per heavy atom. The Morgan fingerprint density at radius 3 is 2.76 bits per heavy atom. The van der Waals surface area contributed by atoms with Gasteiger partial charge in [0.1, 0.15) is 0 Å². The average Bonchev–Trinajstić information content (AvgIpc) is 3.10. The van der Waals surface area contributed by atoms with Crippen molar-refractivity contribution < 1.29 is 0 Å². The van der Waals surface area contributed by atoms with Gasteiger partial charge >= 0.3 is 0 Å². The first-order valence-corrected chi connectivity index (χ1v) is 9.09. The molecule has 2 aromatic rings. The summed E-state index contributed by atoms with van der Waals surface area (Å²) in [5, 5.41) is 5.73. The Labute approximate surface area is 131 Å². The third-order valence-corrected chi connectivity index (χ3v) is 5.83. The molecule has 3 rings (SSSR count). The Bertz CT molecular complexity index is 549. The highest BCUT2D eigenvalue weighted by Crippen LogP contribution is 2.46. The van der Waals surface area contributed by atoms with Crippen molar-refractivity contribution >= 4 is 16.3 Å². The number of nitrogens with zero attached hydrogens (tertiary/aromatic N) is 2. The molecule has 2 aromatic heterocycles. The first-order chi connectivity index (χ1) is 10.1. The molecule has 21 heavy (non-hydrogen) atoms. The predicted octanol–water partition coefficient (Wildman–Crippen LogP) is 4.13. The van der Waals surface area contributed by atoms with Crippen LogP contribution < -0.4 is 5.32 Å². The molecule has 0 aliphatic heterocycles. The van der Waals surface area contributed by atoms with Gasteiger partial charge in [-0.15, -0.1) is 11.3 Å². The molecule has 1 atom stereocenters. The molecule has 0 amide bonds. The molecule has 1 saturated carbocycles. The van der Waals surface area contributed by atoms with Crippen molar-refractivity contribution in [3.63, 3.8) is 0 Å². The Balaban J connectivity index is 1.80. The molecule has 0 saturated heterocycles. The number of likely N-dealkylation sites (N-methyl/N-ethyl adjacent to an activating group) is 1. The van der Waals surface area contributed by atoms with Crippen LogP contribution in [-0.4, -0.2) is 22.5 Å². The summed E-state index contributed by atoms with van der Waals surface area (Å²) in [5.41, 5.74) is 1.70. The molecule has 1 unspecified atom stereocenters. The zero-order valence-corrected chi connectivity index (χ0v) is 14.2. The Kier molecular flexibility index (Phi) is 4.36. The van der Waals surface area contributed by atoms with Crippen LogP contribution in [0.2, 0.25) is 0 Å². The SMILES string of the molecule is CNC(Cc1cn2ccsc2n1)C1(CC(C)C)CCCC1. The van der Waals surface area contributed by atoms with Crippen LogP contribution in [0, 0.1) is 11.3 Å². The number of nitrogens with one attached hydrogen (secondary N) is 1. The van der Waals surface area contributed by atoms with Gasteiger partial charge < -0.3 is 5.32 Å². The van der Waals surface area contributed by atoms with Crippen LogP contribution in [0.25, 0.3) is 4.96 Å². The lowest BCUT2D eigenvalue weighted by Crippen LogP contribution is -2.44. The number of hydrogen-bond acceptors (Lipinski definition) is 3. The third-order valence-electron chi connectivity index (χ3n) is 5.06. The molecule has 0 radical (unpaired) electrons. The monoisotopic (exact) mass is 305 g/mol. The fourth-order valence-electron chi connectivity index (χ4n) is 4.30. The second-order valence-corrected chi connectivity index (χ2v) is 7.91. The standard InChI is InChI=1S/C17H27N3S/c1-13(2)11-17(6-4-5-7-17)15(18-3)10-14-12-20-8-9-21-16(20)19-14/h8-9,12-13,15,18H,4-7,10-11H2,1-3H3. The lowest BCUT2D eigenvalue weighted by atomic mass is 9.71. The maximum atomic E-state index is 4.78. The minimum absolute atomic E-state index is 0.472. The van der Waals surface area contributed by atoms with Crippen LogP contribution in [0.4, 0.5) is 0 Å². The van der Waals surface area contributed by atoms with E-state index in [0.717, 1.165) is 17.3 Å². The maximum absolute atomic E-state index is 4.78. The molecule has 3 nitrogen and oxygen atoms in total. The van der Waals surface area contributed by atoms with Crippen molar-refractivity contribution in [2.75, 3.05) is 7.05 Å². The van der Waals surface area contributed by atoms with Crippen LogP contribution in [0.1, 0.15) is 51.6 Å². The molecule has 4 heteroatoms. The summed E-state index contributed by atoms with van der Waals surface area (Å²) in [4.78, 5) is 5.90. The molecule has 1 fully saturated rings. The number of imidazole rings is 1. The molecule has 1 N–H and O–H groups in total. The highest BCUT2D eigenvalue weighted by molar-refractivity contribution is 7.15. The zero-order valence-electron chi connectivity index (χ0n) is 13.4. The van der Waals surface area contributed by atoms with Gasteiger partial charge in [-0.2, -0.15) is 0 Å². The minimum atomic E-state index is 0.472. The van der Waals surface area contributed by atoms with Gasteiger partial charge in [0.25, 0.3) is 0 Å². The summed E-state index contributed by atoms with van der Waals surface area (Å²) in [5.74, 6) is 0.768. The van der Waals surface area contributed by atoms with E-state index >= 15 is 0 Å². The molecule has 0 bridgehead atoms. The van der Waals surface area contributed by atoms with E-state index in [0.29, 0.717) is 11.5 Å². The van der Waals surface area contributed by atoms with Gasteiger partial charge in [-0.25, -0.2) is 4.98 Å². The zero-order chi connectivity index (χ0) is 14.9. The van der Waals surface area contributed by atoms with Gasteiger partial charge in [0.05, 0.1) is 5.69 Å². The van der Waals surface area contributed by atoms with E-state index < -0.39 is 0 Å². The molecule has 116 valence electrons. The first-order valence-electron chi connectivity index (χ1n) is 8.21. The third kappa shape index (κ3) is 3.02. The van der Waals surface area contributed by atoms with Crippen LogP contribution in [-0.2, 0) is 6.42 Å². The van der Waals surface area contributed by atoms with E-state index in [2.05, 4.69) is 48.4 Å². The predicted molar refractivity (Wildman–Crippen MR) is 90.0 cm³/mol. The van der Waals surface area contributed by atoms with E-state index in [9.17, 15) is 0 Å². The van der Waals surface area contributed by atoms with E-state index in [1.807, 2.05) is 0 Å². The van der Waals surface area contributed by atoms with Crippen LogP contribution in [0.3, 0.4) is 0 Å². The highest BCUT2D eigenvalue weighted by atomic mass is 32.1. The molecule has 2 heterocycles. The van der Waals surface area contributed by atoms with E-state index in [1.54, 1.807) is 11.3 Å². The van der Waals surface area contributed by atoms with Gasteiger partial charge in [-0.1, -0.05) is 26.7 Å². The van der Waals surface area contributed by atoms with Gasteiger partial charge in [-0.3, -0.25) is 4.40 Å². The largest absolute Gasteiger partial charge is 0.316 e. The van der Waals surface area contributed by atoms with Crippen molar-refractivity contribution in [3.05, 3.63) is 23.5 Å². The molecule has 1 aliphatic rings. The molecule has 1 aliphatic carbocycles. The second kappa shape index (κ2) is 6.09. The normalized spacial score (nSPS) is 19.6. The summed E-state index contributed by atoms with van der Waals surface area (Å²) in [7, 11) is 2.13. The number of thiazole rings is 1. The summed E-state index contributed by atoms with van der Waals surface area (Å²) >= 11 is 1.72. The van der Waals surface area contributed by atoms with E-state index in [4.69, 9.17) is 4.98 Å². The smallest absolute Gasteiger partial charge is 0.193 e. The van der Waals surface area contributed by atoms with Crippen molar-refractivity contribution in [3.8, 4) is 0 Å². The maximum Gasteiger partial charge on any atom is 0.193 e. The second-order valence-electron chi connectivity index (χ2n) is 7.04. The van der Waals surface area contributed by atoms with Crippen LogP contribution in [0.15, 0.2) is 17.8 Å². The summed E-state index contributed by atoms with van der Waals surface area (Å²) in [6, 6.07) is 0.548. The number of hydrogen-bond donors (Lipinski definition) is 1.